The third-order valence-electron chi connectivity index (χ3n) is 3.84. The van der Waals surface area contributed by atoms with Crippen LogP contribution in [0.2, 0.25) is 0 Å². The van der Waals surface area contributed by atoms with E-state index in [0.29, 0.717) is 0 Å². The van der Waals surface area contributed by atoms with Gasteiger partial charge in [-0.3, -0.25) is 4.90 Å². The van der Waals surface area contributed by atoms with Gasteiger partial charge in [-0.25, -0.2) is 0 Å². The first-order chi connectivity index (χ1) is 6.95. The number of fused-ring (bicyclic) bond motifs is 1. The molecule has 3 nitrogen and oxygen atoms in total. The van der Waals surface area contributed by atoms with E-state index in [2.05, 4.69) is 10.2 Å². The Morgan fingerprint density at radius 2 is 2.14 bits per heavy atom. The number of ether oxygens (including phenoxy) is 1. The van der Waals surface area contributed by atoms with E-state index >= 15 is 0 Å². The van der Waals surface area contributed by atoms with E-state index in [1.807, 2.05) is 0 Å². The van der Waals surface area contributed by atoms with Gasteiger partial charge in [0.15, 0.2) is 0 Å². The van der Waals surface area contributed by atoms with Crippen molar-refractivity contribution in [3.8, 4) is 0 Å². The van der Waals surface area contributed by atoms with Crippen molar-refractivity contribution in [3.63, 3.8) is 0 Å². The van der Waals surface area contributed by atoms with E-state index < -0.39 is 0 Å². The van der Waals surface area contributed by atoms with Crippen LogP contribution in [0.4, 0.5) is 0 Å². The molecule has 1 aliphatic carbocycles. The highest BCUT2D eigenvalue weighted by molar-refractivity contribution is 4.94. The molecule has 0 amide bonds. The van der Waals surface area contributed by atoms with Gasteiger partial charge in [0.25, 0.3) is 0 Å². The second-order valence-electron chi connectivity index (χ2n) is 4.86. The lowest BCUT2D eigenvalue weighted by Gasteiger charge is -2.37. The molecule has 0 aromatic rings. The smallest absolute Gasteiger partial charge is 0.0593 e. The Labute approximate surface area is 85.8 Å². The molecule has 2 atom stereocenters. The summed E-state index contributed by atoms with van der Waals surface area (Å²) in [6.07, 6.45) is 4.18. The molecule has 3 fully saturated rings. The molecule has 0 radical (unpaired) electrons. The summed E-state index contributed by atoms with van der Waals surface area (Å²) in [6, 6.07) is 1.72. The molecule has 3 aliphatic rings. The first kappa shape index (κ1) is 9.13. The van der Waals surface area contributed by atoms with Crippen molar-refractivity contribution >= 4 is 0 Å². The topological polar surface area (TPSA) is 24.5 Å². The second kappa shape index (κ2) is 3.80. The summed E-state index contributed by atoms with van der Waals surface area (Å²) >= 11 is 0. The summed E-state index contributed by atoms with van der Waals surface area (Å²) in [5.74, 6) is 0.742. The summed E-state index contributed by atoms with van der Waals surface area (Å²) < 4.78 is 5.69. The number of rotatable bonds is 1. The third kappa shape index (κ3) is 1.69. The molecule has 0 aromatic carbocycles. The Kier molecular flexibility index (Phi) is 2.48. The molecule has 14 heavy (non-hydrogen) atoms. The molecule has 3 heteroatoms. The van der Waals surface area contributed by atoms with Gasteiger partial charge in [0.1, 0.15) is 0 Å². The Morgan fingerprint density at radius 1 is 1.21 bits per heavy atom. The fourth-order valence-corrected chi connectivity index (χ4v) is 2.95. The standard InChI is InChI=1S/C11H20N2O/c1-2-10(1)13-5-6-14-8-9-7-12-4-3-11(9)13/h9-12H,1-8H2/t9-,11-/m0/s1. The van der Waals surface area contributed by atoms with Gasteiger partial charge in [0, 0.05) is 31.1 Å². The van der Waals surface area contributed by atoms with Crippen LogP contribution in [0.3, 0.4) is 0 Å². The summed E-state index contributed by atoms with van der Waals surface area (Å²) in [4.78, 5) is 2.73. The molecule has 1 saturated carbocycles. The zero-order valence-corrected chi connectivity index (χ0v) is 8.74. The van der Waals surface area contributed by atoms with Gasteiger partial charge in [-0.05, 0) is 25.8 Å². The maximum atomic E-state index is 5.69. The monoisotopic (exact) mass is 196 g/mol. The second-order valence-corrected chi connectivity index (χ2v) is 4.86. The Balaban J connectivity index is 1.74. The van der Waals surface area contributed by atoms with Gasteiger partial charge in [-0.15, -0.1) is 0 Å². The van der Waals surface area contributed by atoms with Crippen molar-refractivity contribution in [2.24, 2.45) is 5.92 Å². The molecule has 0 unspecified atom stereocenters. The highest BCUT2D eigenvalue weighted by atomic mass is 16.5. The van der Waals surface area contributed by atoms with Crippen molar-refractivity contribution in [1.29, 1.82) is 0 Å². The lowest BCUT2D eigenvalue weighted by atomic mass is 9.93. The minimum absolute atomic E-state index is 0.742. The predicted molar refractivity (Wildman–Crippen MR) is 55.3 cm³/mol. The lowest BCUT2D eigenvalue weighted by Crippen LogP contribution is -2.50. The number of hydrogen-bond acceptors (Lipinski definition) is 3. The maximum absolute atomic E-state index is 5.69. The van der Waals surface area contributed by atoms with Crippen LogP contribution in [0.1, 0.15) is 19.3 Å². The van der Waals surface area contributed by atoms with Gasteiger partial charge in [0.2, 0.25) is 0 Å². The fraction of sp³-hybridized carbons (Fsp3) is 1.00. The molecule has 2 aliphatic heterocycles. The molecule has 2 saturated heterocycles. The van der Waals surface area contributed by atoms with Crippen LogP contribution in [0.25, 0.3) is 0 Å². The van der Waals surface area contributed by atoms with Crippen LogP contribution in [0.15, 0.2) is 0 Å². The predicted octanol–water partition coefficient (Wildman–Crippen LogP) is 0.459. The zero-order chi connectivity index (χ0) is 9.38. The average molecular weight is 196 g/mol. The van der Waals surface area contributed by atoms with Crippen LogP contribution < -0.4 is 5.32 Å². The molecule has 0 spiro atoms. The number of nitrogens with zero attached hydrogens (tertiary/aromatic N) is 1. The van der Waals surface area contributed by atoms with Crippen LogP contribution in [-0.4, -0.2) is 49.8 Å². The summed E-state index contributed by atoms with van der Waals surface area (Å²) in [6.45, 7) is 5.45. The number of nitrogens with one attached hydrogen (secondary N) is 1. The van der Waals surface area contributed by atoms with Crippen molar-refractivity contribution in [2.75, 3.05) is 32.8 Å². The van der Waals surface area contributed by atoms with Gasteiger partial charge >= 0.3 is 0 Å². The molecular formula is C11H20N2O. The van der Waals surface area contributed by atoms with E-state index in [4.69, 9.17) is 4.74 Å². The highest BCUT2D eigenvalue weighted by Crippen LogP contribution is 2.33. The largest absolute Gasteiger partial charge is 0.380 e. The van der Waals surface area contributed by atoms with E-state index in [0.717, 1.165) is 37.8 Å². The molecule has 3 rings (SSSR count). The minimum Gasteiger partial charge on any atom is -0.380 e. The average Bonchev–Trinajstić information content (AvgIpc) is 3.03. The molecule has 0 aromatic heterocycles. The molecule has 0 bridgehead atoms. The van der Waals surface area contributed by atoms with Gasteiger partial charge in [0.05, 0.1) is 13.2 Å². The number of hydrogen-bond donors (Lipinski definition) is 1. The van der Waals surface area contributed by atoms with Gasteiger partial charge in [-0.2, -0.15) is 0 Å². The van der Waals surface area contributed by atoms with Crippen molar-refractivity contribution in [2.45, 2.75) is 31.3 Å². The van der Waals surface area contributed by atoms with Gasteiger partial charge < -0.3 is 10.1 Å². The van der Waals surface area contributed by atoms with Gasteiger partial charge in [-0.1, -0.05) is 0 Å². The lowest BCUT2D eigenvalue weighted by molar-refractivity contribution is 0.100. The summed E-state index contributed by atoms with van der Waals surface area (Å²) in [7, 11) is 0. The minimum atomic E-state index is 0.742. The van der Waals surface area contributed by atoms with E-state index in [-0.39, 0.29) is 0 Å². The molecule has 2 heterocycles. The van der Waals surface area contributed by atoms with Crippen molar-refractivity contribution < 1.29 is 4.74 Å². The number of piperidine rings is 1. The molecule has 1 N–H and O–H groups in total. The van der Waals surface area contributed by atoms with E-state index in [1.165, 1.54) is 32.4 Å². The quantitative estimate of drug-likeness (QED) is 0.659. The third-order valence-corrected chi connectivity index (χ3v) is 3.84. The van der Waals surface area contributed by atoms with E-state index in [9.17, 15) is 0 Å². The zero-order valence-electron chi connectivity index (χ0n) is 8.74. The SMILES string of the molecule is C1C[C@H]2[C@@H](CN1)COCCN2C1CC1. The normalized spacial score (nSPS) is 40.3. The molecular weight excluding hydrogens is 176 g/mol. The van der Waals surface area contributed by atoms with Crippen LogP contribution in [-0.2, 0) is 4.74 Å². The first-order valence-electron chi connectivity index (χ1n) is 5.99. The highest BCUT2D eigenvalue weighted by Gasteiger charge is 2.39. The maximum Gasteiger partial charge on any atom is 0.0593 e. The van der Waals surface area contributed by atoms with E-state index in [1.54, 1.807) is 0 Å². The molecule has 80 valence electrons. The Morgan fingerprint density at radius 3 is 3.00 bits per heavy atom. The van der Waals surface area contributed by atoms with Crippen LogP contribution >= 0.6 is 0 Å². The summed E-state index contributed by atoms with van der Waals surface area (Å²) in [5.41, 5.74) is 0. The Bertz CT molecular complexity index is 205. The Hall–Kier alpha value is -0.120. The fourth-order valence-electron chi connectivity index (χ4n) is 2.95. The van der Waals surface area contributed by atoms with Crippen molar-refractivity contribution in [1.82, 2.24) is 10.2 Å². The van der Waals surface area contributed by atoms with Crippen LogP contribution in [0, 0.1) is 5.92 Å². The van der Waals surface area contributed by atoms with Crippen molar-refractivity contribution in [3.05, 3.63) is 0 Å². The summed E-state index contributed by atoms with van der Waals surface area (Å²) in [5, 5.41) is 3.48. The van der Waals surface area contributed by atoms with Crippen LogP contribution in [0.5, 0.6) is 0 Å². The first-order valence-corrected chi connectivity index (χ1v) is 5.99.